The van der Waals surface area contributed by atoms with Crippen LogP contribution in [0.15, 0.2) is 65.7 Å². The van der Waals surface area contributed by atoms with Gasteiger partial charge in [0.2, 0.25) is 0 Å². The van der Waals surface area contributed by atoms with Crippen molar-refractivity contribution in [2.45, 2.75) is 25.8 Å². The van der Waals surface area contributed by atoms with Crippen LogP contribution in [0.1, 0.15) is 24.0 Å². The molecule has 1 heterocycles. The summed E-state index contributed by atoms with van der Waals surface area (Å²) in [7, 11) is 0. The molecule has 0 aliphatic carbocycles. The van der Waals surface area contributed by atoms with Gasteiger partial charge in [0, 0.05) is 31.9 Å². The van der Waals surface area contributed by atoms with E-state index in [0.717, 1.165) is 45.4 Å². The Morgan fingerprint density at radius 1 is 0.773 bits per heavy atom. The van der Waals surface area contributed by atoms with Gasteiger partial charge in [0.1, 0.15) is 0 Å². The number of likely N-dealkylation sites (tertiary alicyclic amines) is 1. The van der Waals surface area contributed by atoms with Crippen LogP contribution in [-0.4, -0.2) is 30.2 Å². The molecule has 0 spiro atoms. The van der Waals surface area contributed by atoms with Crippen molar-refractivity contribution in [3.05, 3.63) is 71.8 Å². The zero-order valence-corrected chi connectivity index (χ0v) is 13.1. The topological polar surface area (TPSA) is 15.6 Å². The third kappa shape index (κ3) is 4.54. The van der Waals surface area contributed by atoms with Gasteiger partial charge in [-0.2, -0.15) is 0 Å². The summed E-state index contributed by atoms with van der Waals surface area (Å²) in [6, 6.07) is 21.4. The minimum atomic E-state index is 0.929. The molecule has 0 radical (unpaired) electrons. The molecule has 0 amide bonds. The summed E-state index contributed by atoms with van der Waals surface area (Å²) < 4.78 is 0. The van der Waals surface area contributed by atoms with Gasteiger partial charge in [-0.15, -0.1) is 0 Å². The van der Waals surface area contributed by atoms with E-state index in [1.54, 1.807) is 0 Å². The number of aliphatic imine (C=N–C) groups is 1. The summed E-state index contributed by atoms with van der Waals surface area (Å²) in [5, 5.41) is 0. The van der Waals surface area contributed by atoms with E-state index >= 15 is 0 Å². The molecular weight excluding hydrogens is 268 g/mol. The van der Waals surface area contributed by atoms with E-state index in [-0.39, 0.29) is 0 Å². The van der Waals surface area contributed by atoms with Gasteiger partial charge in [-0.3, -0.25) is 9.89 Å². The number of hydrogen-bond donors (Lipinski definition) is 0. The standard InChI is InChI=1S/C20H24N2/c1-3-7-18(8-4-1)11-14-21-20-12-15-22(16-13-20)17-19-9-5-2-6-10-19/h1-10H,11-17H2. The maximum absolute atomic E-state index is 4.81. The first-order chi connectivity index (χ1) is 10.9. The lowest BCUT2D eigenvalue weighted by Crippen LogP contribution is -2.33. The molecule has 0 bridgehead atoms. The van der Waals surface area contributed by atoms with E-state index in [1.807, 2.05) is 0 Å². The van der Waals surface area contributed by atoms with Crippen LogP contribution in [0.3, 0.4) is 0 Å². The minimum absolute atomic E-state index is 0.929. The first-order valence-corrected chi connectivity index (χ1v) is 8.22. The van der Waals surface area contributed by atoms with Crippen LogP contribution < -0.4 is 0 Å². The monoisotopic (exact) mass is 292 g/mol. The average Bonchev–Trinajstić information content (AvgIpc) is 2.58. The quantitative estimate of drug-likeness (QED) is 0.814. The van der Waals surface area contributed by atoms with Crippen LogP contribution >= 0.6 is 0 Å². The third-order valence-electron chi connectivity index (χ3n) is 4.26. The van der Waals surface area contributed by atoms with Gasteiger partial charge >= 0.3 is 0 Å². The molecule has 1 aliphatic rings. The maximum atomic E-state index is 4.81. The van der Waals surface area contributed by atoms with Crippen molar-refractivity contribution in [3.8, 4) is 0 Å². The van der Waals surface area contributed by atoms with E-state index in [9.17, 15) is 0 Å². The molecule has 0 N–H and O–H groups in total. The summed E-state index contributed by atoms with van der Waals surface area (Å²) in [5.41, 5.74) is 4.19. The summed E-state index contributed by atoms with van der Waals surface area (Å²) >= 11 is 0. The largest absolute Gasteiger partial charge is 0.298 e. The molecule has 2 aromatic carbocycles. The van der Waals surface area contributed by atoms with Crippen molar-refractivity contribution in [1.82, 2.24) is 4.90 Å². The molecule has 114 valence electrons. The molecule has 0 saturated carbocycles. The van der Waals surface area contributed by atoms with Crippen molar-refractivity contribution >= 4 is 5.71 Å². The summed E-state index contributed by atoms with van der Waals surface area (Å²) in [4.78, 5) is 7.34. The van der Waals surface area contributed by atoms with E-state index < -0.39 is 0 Å². The predicted octanol–water partition coefficient (Wildman–Crippen LogP) is 3.97. The fourth-order valence-electron chi connectivity index (χ4n) is 2.96. The van der Waals surface area contributed by atoms with Gasteiger partial charge in [-0.1, -0.05) is 60.7 Å². The Morgan fingerprint density at radius 2 is 1.36 bits per heavy atom. The molecule has 1 aliphatic heterocycles. The third-order valence-corrected chi connectivity index (χ3v) is 4.26. The Kier molecular flexibility index (Phi) is 5.38. The predicted molar refractivity (Wildman–Crippen MR) is 93.4 cm³/mol. The summed E-state index contributed by atoms with van der Waals surface area (Å²) in [6.07, 6.45) is 3.31. The molecule has 0 aromatic heterocycles. The smallest absolute Gasteiger partial charge is 0.0429 e. The van der Waals surface area contributed by atoms with Crippen molar-refractivity contribution < 1.29 is 0 Å². The number of piperidine rings is 1. The van der Waals surface area contributed by atoms with Gasteiger partial charge in [-0.05, 0) is 30.4 Å². The highest BCUT2D eigenvalue weighted by atomic mass is 15.1. The second-order valence-corrected chi connectivity index (χ2v) is 5.95. The Hall–Kier alpha value is -1.93. The highest BCUT2D eigenvalue weighted by Gasteiger charge is 2.14. The molecule has 3 rings (SSSR count). The molecule has 0 unspecified atom stereocenters. The Labute approximate surface area is 133 Å². The van der Waals surface area contributed by atoms with Gasteiger partial charge in [0.05, 0.1) is 0 Å². The summed E-state index contributed by atoms with van der Waals surface area (Å²) in [6.45, 7) is 4.27. The van der Waals surface area contributed by atoms with Crippen LogP contribution in [0.25, 0.3) is 0 Å². The van der Waals surface area contributed by atoms with Crippen LogP contribution in [0.2, 0.25) is 0 Å². The number of nitrogens with zero attached hydrogens (tertiary/aromatic N) is 2. The van der Waals surface area contributed by atoms with Crippen LogP contribution in [0.5, 0.6) is 0 Å². The van der Waals surface area contributed by atoms with E-state index in [4.69, 9.17) is 4.99 Å². The van der Waals surface area contributed by atoms with Crippen molar-refractivity contribution in [1.29, 1.82) is 0 Å². The molecule has 2 nitrogen and oxygen atoms in total. The van der Waals surface area contributed by atoms with E-state index in [2.05, 4.69) is 65.6 Å². The van der Waals surface area contributed by atoms with Crippen LogP contribution in [0, 0.1) is 0 Å². The Balaban J connectivity index is 1.42. The zero-order valence-electron chi connectivity index (χ0n) is 13.1. The number of rotatable bonds is 5. The van der Waals surface area contributed by atoms with Gasteiger partial charge in [0.25, 0.3) is 0 Å². The van der Waals surface area contributed by atoms with Crippen LogP contribution in [0.4, 0.5) is 0 Å². The molecule has 22 heavy (non-hydrogen) atoms. The Morgan fingerprint density at radius 3 is 2.00 bits per heavy atom. The number of benzene rings is 2. The second kappa shape index (κ2) is 7.90. The normalized spacial score (nSPS) is 15.7. The lowest BCUT2D eigenvalue weighted by molar-refractivity contribution is 0.266. The highest BCUT2D eigenvalue weighted by Crippen LogP contribution is 2.12. The van der Waals surface area contributed by atoms with Crippen LogP contribution in [-0.2, 0) is 13.0 Å². The van der Waals surface area contributed by atoms with Crippen molar-refractivity contribution in [2.75, 3.05) is 19.6 Å². The molecule has 0 atom stereocenters. The van der Waals surface area contributed by atoms with Gasteiger partial charge in [-0.25, -0.2) is 0 Å². The van der Waals surface area contributed by atoms with Crippen molar-refractivity contribution in [3.63, 3.8) is 0 Å². The number of hydrogen-bond acceptors (Lipinski definition) is 2. The zero-order chi connectivity index (χ0) is 15.0. The lowest BCUT2D eigenvalue weighted by Gasteiger charge is -2.27. The first-order valence-electron chi connectivity index (χ1n) is 8.22. The highest BCUT2D eigenvalue weighted by molar-refractivity contribution is 5.85. The van der Waals surface area contributed by atoms with Crippen molar-refractivity contribution in [2.24, 2.45) is 4.99 Å². The Bertz CT molecular complexity index is 580. The molecule has 1 saturated heterocycles. The first kappa shape index (κ1) is 15.0. The van der Waals surface area contributed by atoms with E-state index in [0.29, 0.717) is 0 Å². The summed E-state index contributed by atoms with van der Waals surface area (Å²) in [5.74, 6) is 0. The SMILES string of the molecule is c1ccc(CCN=C2CCN(Cc3ccccc3)CC2)cc1. The van der Waals surface area contributed by atoms with Gasteiger partial charge in [0.15, 0.2) is 0 Å². The second-order valence-electron chi connectivity index (χ2n) is 5.95. The molecule has 2 heteroatoms. The van der Waals surface area contributed by atoms with E-state index in [1.165, 1.54) is 16.8 Å². The molecular formula is C20H24N2. The molecule has 1 fully saturated rings. The average molecular weight is 292 g/mol. The fourth-order valence-corrected chi connectivity index (χ4v) is 2.96. The lowest BCUT2D eigenvalue weighted by atomic mass is 10.1. The van der Waals surface area contributed by atoms with Gasteiger partial charge < -0.3 is 0 Å². The minimum Gasteiger partial charge on any atom is -0.298 e. The fraction of sp³-hybridized carbons (Fsp3) is 0.350. The molecule has 2 aromatic rings. The maximum Gasteiger partial charge on any atom is 0.0429 e.